The molecule has 19 heavy (non-hydrogen) atoms. The Morgan fingerprint density at radius 1 is 0.632 bits per heavy atom. The van der Waals surface area contributed by atoms with Gasteiger partial charge in [0.2, 0.25) is 0 Å². The molecule has 0 fully saturated rings. The van der Waals surface area contributed by atoms with Gasteiger partial charge in [-0.1, -0.05) is 84.6 Å². The van der Waals surface area contributed by atoms with Gasteiger partial charge in [-0.2, -0.15) is 12.8 Å². The molecule has 0 aliphatic carbocycles. The van der Waals surface area contributed by atoms with Gasteiger partial charge in [0.15, 0.2) is 0 Å². The average Bonchev–Trinajstić information content (AvgIpc) is 2.41. The Bertz CT molecular complexity index is 372. The van der Waals surface area contributed by atoms with E-state index in [4.69, 9.17) is 0 Å². The molecule has 96 valence electrons. The predicted octanol–water partition coefficient (Wildman–Crippen LogP) is 1.08. The summed E-state index contributed by atoms with van der Waals surface area (Å²) in [5.41, 5.74) is 2.87. The van der Waals surface area contributed by atoms with Crippen molar-refractivity contribution < 1.29 is 17.0 Å². The maximum Gasteiger partial charge on any atom is 2.00 e. The summed E-state index contributed by atoms with van der Waals surface area (Å²) in [4.78, 5) is 0. The third kappa shape index (κ3) is 7.76. The fourth-order valence-electron chi connectivity index (χ4n) is 1.97. The van der Waals surface area contributed by atoms with Crippen molar-refractivity contribution in [1.29, 1.82) is 0 Å². The summed E-state index contributed by atoms with van der Waals surface area (Å²) >= 11 is 0. The van der Waals surface area contributed by atoms with Crippen LogP contribution in [0.5, 0.6) is 0 Å². The van der Waals surface area contributed by atoms with Crippen LogP contribution in [-0.4, -0.2) is 23.1 Å². The van der Waals surface area contributed by atoms with E-state index in [1.165, 1.54) is 24.0 Å². The zero-order valence-corrected chi connectivity index (χ0v) is 14.3. The number of unbranched alkanes of at least 4 members (excludes halogenated alkanes) is 2. The summed E-state index contributed by atoms with van der Waals surface area (Å²) < 4.78 is 0. The van der Waals surface area contributed by atoms with Gasteiger partial charge in [-0.15, -0.1) is 0 Å². The van der Waals surface area contributed by atoms with Crippen LogP contribution in [0.2, 0.25) is 0 Å². The van der Waals surface area contributed by atoms with Crippen molar-refractivity contribution in [3.63, 3.8) is 0 Å². The Morgan fingerprint density at radius 2 is 1.00 bits per heavy atom. The second kappa shape index (κ2) is 11.5. The van der Waals surface area contributed by atoms with Gasteiger partial charge in [-0.25, -0.2) is 0 Å². The van der Waals surface area contributed by atoms with Crippen LogP contribution < -0.4 is 17.0 Å². The van der Waals surface area contributed by atoms with Gasteiger partial charge in [0.25, 0.3) is 0 Å². The van der Waals surface area contributed by atoms with E-state index in [9.17, 15) is 0 Å². The average molecular weight is 328 g/mol. The minimum Gasteiger partial charge on any atom is -1.00 e. The molecule has 2 heteroatoms. The quantitative estimate of drug-likeness (QED) is 0.423. The fraction of sp³-hybridized carbons (Fsp3) is 0.235. The molecular weight excluding hydrogens is 308 g/mol. The van der Waals surface area contributed by atoms with Gasteiger partial charge in [0, 0.05) is 0 Å². The van der Waals surface area contributed by atoms with Crippen LogP contribution in [-0.2, 0) is 12.8 Å². The van der Waals surface area contributed by atoms with Crippen LogP contribution >= 0.6 is 0 Å². The molecule has 2 aromatic carbocycles. The van der Waals surface area contributed by atoms with E-state index in [0.717, 1.165) is 12.8 Å². The summed E-state index contributed by atoms with van der Waals surface area (Å²) in [5, 5.41) is 0. The number of benzene rings is 2. The summed E-state index contributed by atoms with van der Waals surface area (Å²) in [7, 11) is 0. The molecule has 0 heterocycles. The molecule has 0 spiro atoms. The maximum absolute atomic E-state index is 2.40. The minimum atomic E-state index is 0. The van der Waals surface area contributed by atoms with Crippen molar-refractivity contribution in [2.45, 2.75) is 25.7 Å². The third-order valence-electron chi connectivity index (χ3n) is 2.96. The van der Waals surface area contributed by atoms with Gasteiger partial charge in [-0.3, -0.25) is 0 Å². The van der Waals surface area contributed by atoms with E-state index in [0.29, 0.717) is 0 Å². The van der Waals surface area contributed by atoms with E-state index in [-0.39, 0.29) is 40.0 Å². The van der Waals surface area contributed by atoms with Crippen molar-refractivity contribution >= 4 is 23.1 Å². The predicted molar refractivity (Wildman–Crippen MR) is 79.6 cm³/mol. The number of halogens is 1. The standard InChI is InChI=1S/C17H19.BrH.Mg/c1-4-10-16(11-5-1)14-8-3-9-15-17-12-6-2-7-13-17;;/h1-7,10-13H,8-9,14-15H2;1H;/q-1;;+2/p-1. The van der Waals surface area contributed by atoms with Crippen LogP contribution in [0.25, 0.3) is 0 Å². The van der Waals surface area contributed by atoms with E-state index >= 15 is 0 Å². The first kappa shape index (κ1) is 18.7. The molecule has 0 bridgehead atoms. The Kier molecular flexibility index (Phi) is 11.3. The molecule has 0 aliphatic heterocycles. The summed E-state index contributed by atoms with van der Waals surface area (Å²) in [5.74, 6) is 0. The van der Waals surface area contributed by atoms with Gasteiger partial charge in [0.05, 0.1) is 0 Å². The minimum absolute atomic E-state index is 0. The molecule has 0 saturated carbocycles. The van der Waals surface area contributed by atoms with Crippen molar-refractivity contribution in [1.82, 2.24) is 0 Å². The van der Waals surface area contributed by atoms with Gasteiger partial charge < -0.3 is 23.4 Å². The molecule has 2 aromatic rings. The summed E-state index contributed by atoms with van der Waals surface area (Å²) in [6.07, 6.45) is 7.08. The van der Waals surface area contributed by atoms with Crippen molar-refractivity contribution in [3.8, 4) is 0 Å². The first-order chi connectivity index (χ1) is 8.45. The smallest absolute Gasteiger partial charge is 1.00 e. The molecule has 0 amide bonds. The number of hydrogen-bond donors (Lipinski definition) is 0. The fourth-order valence-corrected chi connectivity index (χ4v) is 1.97. The molecule has 0 aromatic heterocycles. The largest absolute Gasteiger partial charge is 2.00 e. The zero-order chi connectivity index (χ0) is 11.8. The second-order valence-electron chi connectivity index (χ2n) is 4.34. The normalized spacial score (nSPS) is 9.26. The zero-order valence-electron chi connectivity index (χ0n) is 11.3. The second-order valence-corrected chi connectivity index (χ2v) is 4.34. The van der Waals surface area contributed by atoms with Gasteiger partial charge in [-0.05, 0) is 0 Å². The topological polar surface area (TPSA) is 0 Å². The van der Waals surface area contributed by atoms with Crippen LogP contribution in [0, 0.1) is 6.42 Å². The van der Waals surface area contributed by atoms with Gasteiger partial charge >= 0.3 is 23.1 Å². The first-order valence-corrected chi connectivity index (χ1v) is 6.34. The molecule has 0 radical (unpaired) electrons. The first-order valence-electron chi connectivity index (χ1n) is 6.34. The van der Waals surface area contributed by atoms with Crippen molar-refractivity contribution in [2.24, 2.45) is 0 Å². The SMILES string of the molecule is [Br-].[Mg+2].c1ccc(CC[CH-]CCc2ccccc2)cc1. The molecule has 0 aliphatic rings. The molecule has 0 unspecified atom stereocenters. The number of hydrogen-bond acceptors (Lipinski definition) is 0. The van der Waals surface area contributed by atoms with E-state index in [1.807, 2.05) is 0 Å². The monoisotopic (exact) mass is 326 g/mol. The Morgan fingerprint density at radius 3 is 1.37 bits per heavy atom. The van der Waals surface area contributed by atoms with Crippen LogP contribution in [0.4, 0.5) is 0 Å². The summed E-state index contributed by atoms with van der Waals surface area (Å²) in [6, 6.07) is 21.4. The molecule has 0 N–H and O–H groups in total. The van der Waals surface area contributed by atoms with Crippen molar-refractivity contribution in [2.75, 3.05) is 0 Å². The third-order valence-corrected chi connectivity index (χ3v) is 2.96. The van der Waals surface area contributed by atoms with Crippen LogP contribution in [0.1, 0.15) is 24.0 Å². The van der Waals surface area contributed by atoms with Crippen LogP contribution in [0.3, 0.4) is 0 Å². The molecule has 0 nitrogen and oxygen atoms in total. The van der Waals surface area contributed by atoms with Gasteiger partial charge in [0.1, 0.15) is 0 Å². The number of aryl methyl sites for hydroxylation is 2. The molecule has 0 atom stereocenters. The van der Waals surface area contributed by atoms with E-state index in [1.54, 1.807) is 0 Å². The molecule has 0 saturated heterocycles. The molecule has 2 rings (SSSR count). The molecular formula is C17H19BrMg. The number of rotatable bonds is 6. The van der Waals surface area contributed by atoms with E-state index < -0.39 is 0 Å². The Balaban J connectivity index is 0.00000162. The van der Waals surface area contributed by atoms with Crippen LogP contribution in [0.15, 0.2) is 60.7 Å². The van der Waals surface area contributed by atoms with Crippen molar-refractivity contribution in [3.05, 3.63) is 78.2 Å². The Hall–Kier alpha value is -0.314. The van der Waals surface area contributed by atoms with E-state index in [2.05, 4.69) is 67.1 Å². The Labute approximate surface area is 143 Å². The summed E-state index contributed by atoms with van der Waals surface area (Å²) in [6.45, 7) is 0. The maximum atomic E-state index is 2.40.